The first-order valence-corrected chi connectivity index (χ1v) is 4.92. The van der Waals surface area contributed by atoms with Gasteiger partial charge in [-0.15, -0.1) is 0 Å². The highest BCUT2D eigenvalue weighted by molar-refractivity contribution is 5.78. The van der Waals surface area contributed by atoms with Gasteiger partial charge in [0.05, 0.1) is 0 Å². The number of ether oxygens (including phenoxy) is 1. The maximum absolute atomic E-state index is 11.0. The minimum Gasteiger partial charge on any atom is -0.478 e. The molecule has 15 heavy (non-hydrogen) atoms. The second-order valence-electron chi connectivity index (χ2n) is 3.61. The number of carboxylic acid groups (broad SMARTS) is 1. The summed E-state index contributed by atoms with van der Waals surface area (Å²) in [5, 5.41) is 18.9. The van der Waals surface area contributed by atoms with Gasteiger partial charge in [0.2, 0.25) is 6.23 Å². The average Bonchev–Trinajstić information content (AvgIpc) is 2.83. The topological polar surface area (TPSA) is 95.9 Å². The molecule has 3 N–H and O–H groups in total. The monoisotopic (exact) mass is 217 g/mol. The maximum atomic E-state index is 11.0. The number of aliphatic carboxylic acids is 1. The van der Waals surface area contributed by atoms with Gasteiger partial charge in [0.25, 0.3) is 0 Å². The van der Waals surface area contributed by atoms with Crippen LogP contribution in [0.2, 0.25) is 0 Å². The molecule has 86 valence electrons. The maximum Gasteiger partial charge on any atom is 0.409 e. The second kappa shape index (κ2) is 4.97. The first kappa shape index (κ1) is 11.8. The molecule has 0 aromatic heterocycles. The lowest BCUT2D eigenvalue weighted by molar-refractivity contribution is -0.148. The molecule has 1 aliphatic rings. The van der Waals surface area contributed by atoms with Gasteiger partial charge in [-0.2, -0.15) is 0 Å². The quantitative estimate of drug-likeness (QED) is 0.576. The number of nitrogens with one attached hydrogen (secondary N) is 1. The Morgan fingerprint density at radius 3 is 2.80 bits per heavy atom. The number of carboxylic acids is 1. The molecule has 1 unspecified atom stereocenters. The summed E-state index contributed by atoms with van der Waals surface area (Å²) >= 11 is 0. The van der Waals surface area contributed by atoms with Crippen LogP contribution < -0.4 is 5.32 Å². The molecular formula is C9H15NO5. The number of rotatable bonds is 5. The summed E-state index contributed by atoms with van der Waals surface area (Å²) in [7, 11) is 0. The summed E-state index contributed by atoms with van der Waals surface area (Å²) in [4.78, 5) is 21.2. The number of carbonyl (C=O) groups is 2. The third-order valence-corrected chi connectivity index (χ3v) is 2.26. The Morgan fingerprint density at radius 1 is 1.60 bits per heavy atom. The lowest BCUT2D eigenvalue weighted by atomic mass is 10.2. The molecule has 1 amide bonds. The molecule has 0 bridgehead atoms. The van der Waals surface area contributed by atoms with E-state index in [-0.39, 0.29) is 6.10 Å². The van der Waals surface area contributed by atoms with Crippen molar-refractivity contribution in [1.82, 2.24) is 5.32 Å². The van der Waals surface area contributed by atoms with Crippen LogP contribution in [0, 0.1) is 5.92 Å². The number of hydrogen-bond donors (Lipinski definition) is 3. The van der Waals surface area contributed by atoms with Crippen molar-refractivity contribution in [3.05, 3.63) is 0 Å². The van der Waals surface area contributed by atoms with Crippen LogP contribution >= 0.6 is 0 Å². The van der Waals surface area contributed by atoms with Crippen molar-refractivity contribution in [3.8, 4) is 0 Å². The van der Waals surface area contributed by atoms with E-state index in [0.29, 0.717) is 5.92 Å². The molecule has 0 aliphatic heterocycles. The Morgan fingerprint density at radius 2 is 2.27 bits per heavy atom. The number of aliphatic hydroxyl groups is 1. The van der Waals surface area contributed by atoms with Crippen LogP contribution in [0.1, 0.15) is 26.2 Å². The van der Waals surface area contributed by atoms with E-state index in [1.54, 1.807) is 0 Å². The minimum atomic E-state index is -1.90. The molecule has 6 nitrogen and oxygen atoms in total. The van der Waals surface area contributed by atoms with Crippen molar-refractivity contribution in [2.24, 2.45) is 5.92 Å². The molecule has 1 saturated carbocycles. The fourth-order valence-corrected chi connectivity index (χ4v) is 1.38. The highest BCUT2D eigenvalue weighted by Crippen LogP contribution is 2.37. The molecule has 6 heteroatoms. The highest BCUT2D eigenvalue weighted by Gasteiger charge is 2.40. The zero-order chi connectivity index (χ0) is 11.4. The van der Waals surface area contributed by atoms with Crippen molar-refractivity contribution in [2.45, 2.75) is 38.5 Å². The Balaban J connectivity index is 2.18. The first-order valence-electron chi connectivity index (χ1n) is 4.92. The fraction of sp³-hybridized carbons (Fsp3) is 0.778. The molecule has 0 aromatic rings. The van der Waals surface area contributed by atoms with E-state index < -0.39 is 18.3 Å². The van der Waals surface area contributed by atoms with Gasteiger partial charge >= 0.3 is 12.1 Å². The van der Waals surface area contributed by atoms with E-state index in [1.165, 1.54) is 0 Å². The summed E-state index contributed by atoms with van der Waals surface area (Å²) in [6.45, 7) is 2.05. The smallest absolute Gasteiger partial charge is 0.409 e. The largest absolute Gasteiger partial charge is 0.478 e. The molecule has 0 heterocycles. The molecule has 0 radical (unpaired) electrons. The van der Waals surface area contributed by atoms with Gasteiger partial charge in [0, 0.05) is 0 Å². The van der Waals surface area contributed by atoms with Crippen molar-refractivity contribution >= 4 is 12.1 Å². The van der Waals surface area contributed by atoms with Crippen LogP contribution in [-0.4, -0.2) is 34.6 Å². The SMILES string of the molecule is CCC[C@@H]1C[C@H]1OC(=O)NC(O)C(=O)O. The van der Waals surface area contributed by atoms with E-state index in [0.717, 1.165) is 19.3 Å². The predicted octanol–water partition coefficient (Wildman–Crippen LogP) is 0.304. The van der Waals surface area contributed by atoms with Crippen molar-refractivity contribution in [3.63, 3.8) is 0 Å². The summed E-state index contributed by atoms with van der Waals surface area (Å²) in [5.74, 6) is -1.12. The van der Waals surface area contributed by atoms with Crippen molar-refractivity contribution in [2.75, 3.05) is 0 Å². The number of amides is 1. The zero-order valence-corrected chi connectivity index (χ0v) is 8.47. The summed E-state index contributed by atoms with van der Waals surface area (Å²) in [5.41, 5.74) is 0. The van der Waals surface area contributed by atoms with Crippen LogP contribution in [0.5, 0.6) is 0 Å². The van der Waals surface area contributed by atoms with Crippen LogP contribution in [0.4, 0.5) is 4.79 Å². The van der Waals surface area contributed by atoms with Gasteiger partial charge in [-0.25, -0.2) is 9.59 Å². The number of carbonyl (C=O) groups excluding carboxylic acids is 1. The van der Waals surface area contributed by atoms with Gasteiger partial charge in [0.15, 0.2) is 0 Å². The second-order valence-corrected chi connectivity index (χ2v) is 3.61. The van der Waals surface area contributed by atoms with Gasteiger partial charge in [-0.1, -0.05) is 13.3 Å². The normalized spacial score (nSPS) is 25.5. The Hall–Kier alpha value is -1.30. The molecule has 0 aromatic carbocycles. The predicted molar refractivity (Wildman–Crippen MR) is 50.1 cm³/mol. The van der Waals surface area contributed by atoms with Crippen LogP contribution in [0.3, 0.4) is 0 Å². The first-order chi connectivity index (χ1) is 7.04. The van der Waals surface area contributed by atoms with Crippen LogP contribution in [0.25, 0.3) is 0 Å². The number of aliphatic hydroxyl groups excluding tert-OH is 1. The Labute approximate surface area is 87.2 Å². The van der Waals surface area contributed by atoms with Gasteiger partial charge in [-0.3, -0.25) is 5.32 Å². The summed E-state index contributed by atoms with van der Waals surface area (Å²) in [6.07, 6.45) is -0.0476. The number of alkyl carbamates (subject to hydrolysis) is 1. The fourth-order valence-electron chi connectivity index (χ4n) is 1.38. The van der Waals surface area contributed by atoms with Gasteiger partial charge in [-0.05, 0) is 18.8 Å². The number of hydrogen-bond acceptors (Lipinski definition) is 4. The highest BCUT2D eigenvalue weighted by atomic mass is 16.6. The molecule has 1 fully saturated rings. The van der Waals surface area contributed by atoms with Crippen LogP contribution in [0.15, 0.2) is 0 Å². The third kappa shape index (κ3) is 3.75. The average molecular weight is 217 g/mol. The van der Waals surface area contributed by atoms with E-state index in [2.05, 4.69) is 0 Å². The molecule has 0 saturated heterocycles. The molecule has 0 spiro atoms. The molecule has 1 aliphatic carbocycles. The van der Waals surface area contributed by atoms with Crippen LogP contribution in [-0.2, 0) is 9.53 Å². The molecule has 1 rings (SSSR count). The minimum absolute atomic E-state index is 0.119. The van der Waals surface area contributed by atoms with E-state index in [1.807, 2.05) is 12.2 Å². The molecular weight excluding hydrogens is 202 g/mol. The third-order valence-electron chi connectivity index (χ3n) is 2.26. The van der Waals surface area contributed by atoms with E-state index >= 15 is 0 Å². The van der Waals surface area contributed by atoms with Crippen molar-refractivity contribution in [1.29, 1.82) is 0 Å². The van der Waals surface area contributed by atoms with Gasteiger partial charge < -0.3 is 14.9 Å². The molecule has 3 atom stereocenters. The summed E-state index contributed by atoms with van der Waals surface area (Å²) in [6, 6.07) is 0. The Kier molecular flexibility index (Phi) is 3.90. The lowest BCUT2D eigenvalue weighted by Gasteiger charge is -2.08. The summed E-state index contributed by atoms with van der Waals surface area (Å²) < 4.78 is 4.87. The zero-order valence-electron chi connectivity index (χ0n) is 8.47. The Bertz CT molecular complexity index is 255. The van der Waals surface area contributed by atoms with Gasteiger partial charge in [0.1, 0.15) is 6.10 Å². The van der Waals surface area contributed by atoms with Crippen molar-refractivity contribution < 1.29 is 24.5 Å². The standard InChI is InChI=1S/C9H15NO5/c1-2-3-5-4-6(5)15-9(14)10-7(11)8(12)13/h5-7,11H,2-4H2,1H3,(H,10,14)(H,12,13)/t5-,6-,7?/m1/s1. The van der Waals surface area contributed by atoms with E-state index in [4.69, 9.17) is 14.9 Å². The van der Waals surface area contributed by atoms with E-state index in [9.17, 15) is 9.59 Å². The lowest BCUT2D eigenvalue weighted by Crippen LogP contribution is -2.41.